The van der Waals surface area contributed by atoms with Crippen LogP contribution in [0.3, 0.4) is 0 Å². The van der Waals surface area contributed by atoms with Crippen molar-refractivity contribution >= 4 is 22.4 Å². The van der Waals surface area contributed by atoms with Gasteiger partial charge in [-0.2, -0.15) is 0 Å². The maximum Gasteiger partial charge on any atom is 0.267 e. The number of aliphatic hydroxyl groups is 1. The number of carbonyl (C=O) groups excluding carboxylic acids is 1. The highest BCUT2D eigenvalue weighted by molar-refractivity contribution is 7.13. The highest BCUT2D eigenvalue weighted by atomic mass is 32.1. The monoisotopic (exact) mass is 364 g/mol. The fraction of sp³-hybridized carbons (Fsp3) is 0.529. The van der Waals surface area contributed by atoms with E-state index in [1.165, 1.54) is 11.3 Å². The van der Waals surface area contributed by atoms with Crippen LogP contribution in [0, 0.1) is 5.41 Å². The van der Waals surface area contributed by atoms with Crippen molar-refractivity contribution in [2.75, 3.05) is 25.5 Å². The molecule has 0 atom stereocenters. The standard InChI is InChI=1S/C17H24N4O3S/c1-16(2,17(23)3-5-24-6-4-17)10-20-14(22)12-7-11(8-19-12)13-9-25-15(18)21-13/h7-9,19,23H,3-6,10H2,1-2H3,(H2,18,21)(H,20,22). The van der Waals surface area contributed by atoms with Gasteiger partial charge in [0.25, 0.3) is 5.91 Å². The van der Waals surface area contributed by atoms with E-state index in [9.17, 15) is 9.90 Å². The van der Waals surface area contributed by atoms with Gasteiger partial charge in [0.15, 0.2) is 5.13 Å². The number of hydrogen-bond acceptors (Lipinski definition) is 6. The average Bonchev–Trinajstić information content (AvgIpc) is 3.22. The maximum absolute atomic E-state index is 12.4. The summed E-state index contributed by atoms with van der Waals surface area (Å²) < 4.78 is 5.34. The van der Waals surface area contributed by atoms with Crippen LogP contribution < -0.4 is 11.1 Å². The van der Waals surface area contributed by atoms with E-state index < -0.39 is 11.0 Å². The predicted octanol–water partition coefficient (Wildman–Crippen LogP) is 2.02. The highest BCUT2D eigenvalue weighted by Crippen LogP contribution is 2.38. The Morgan fingerprint density at radius 3 is 2.88 bits per heavy atom. The number of rotatable bonds is 5. The van der Waals surface area contributed by atoms with Gasteiger partial charge in [0.1, 0.15) is 5.69 Å². The third kappa shape index (κ3) is 3.70. The van der Waals surface area contributed by atoms with Crippen LogP contribution in [0.5, 0.6) is 0 Å². The van der Waals surface area contributed by atoms with Crippen LogP contribution in [0.15, 0.2) is 17.6 Å². The molecule has 7 nitrogen and oxygen atoms in total. The van der Waals surface area contributed by atoms with Gasteiger partial charge < -0.3 is 25.9 Å². The maximum atomic E-state index is 12.4. The first-order chi connectivity index (χ1) is 11.8. The molecule has 1 aliphatic heterocycles. The van der Waals surface area contributed by atoms with Gasteiger partial charge in [-0.3, -0.25) is 4.79 Å². The molecule has 0 radical (unpaired) electrons. The summed E-state index contributed by atoms with van der Waals surface area (Å²) in [6.07, 6.45) is 2.89. The second kappa shape index (κ2) is 6.78. The van der Waals surface area contributed by atoms with Crippen LogP contribution in [0.1, 0.15) is 37.2 Å². The van der Waals surface area contributed by atoms with Crippen LogP contribution >= 0.6 is 11.3 Å². The van der Waals surface area contributed by atoms with Crippen molar-refractivity contribution in [3.05, 3.63) is 23.3 Å². The van der Waals surface area contributed by atoms with Crippen molar-refractivity contribution < 1.29 is 14.6 Å². The van der Waals surface area contributed by atoms with Crippen molar-refractivity contribution in [1.82, 2.24) is 15.3 Å². The Balaban J connectivity index is 1.63. The van der Waals surface area contributed by atoms with Gasteiger partial charge in [-0.15, -0.1) is 11.3 Å². The first kappa shape index (κ1) is 17.9. The summed E-state index contributed by atoms with van der Waals surface area (Å²) in [6.45, 7) is 5.41. The average molecular weight is 364 g/mol. The number of aromatic amines is 1. The Morgan fingerprint density at radius 2 is 2.24 bits per heavy atom. The minimum Gasteiger partial charge on any atom is -0.389 e. The molecular weight excluding hydrogens is 340 g/mol. The molecule has 0 saturated carbocycles. The molecule has 3 rings (SSSR count). The number of amides is 1. The third-order valence-electron chi connectivity index (χ3n) is 5.02. The number of nitrogens with zero attached hydrogens (tertiary/aromatic N) is 1. The number of carbonyl (C=O) groups is 1. The first-order valence-electron chi connectivity index (χ1n) is 8.29. The SMILES string of the molecule is CC(C)(CNC(=O)c1cc(-c2csc(N)n2)c[nH]1)C1(O)CCOCC1. The minimum atomic E-state index is -0.836. The second-order valence-corrected chi connectivity index (χ2v) is 7.97. The normalized spacial score (nSPS) is 17.4. The molecule has 2 aromatic heterocycles. The number of aromatic nitrogens is 2. The number of H-pyrrole nitrogens is 1. The largest absolute Gasteiger partial charge is 0.389 e. The highest BCUT2D eigenvalue weighted by Gasteiger charge is 2.44. The molecule has 1 amide bonds. The topological polar surface area (TPSA) is 113 Å². The molecule has 0 aromatic carbocycles. The van der Waals surface area contributed by atoms with Crippen LogP contribution in [0.25, 0.3) is 11.3 Å². The third-order valence-corrected chi connectivity index (χ3v) is 5.69. The van der Waals surface area contributed by atoms with E-state index >= 15 is 0 Å². The van der Waals surface area contributed by atoms with Crippen molar-refractivity contribution in [2.45, 2.75) is 32.3 Å². The van der Waals surface area contributed by atoms with E-state index in [0.29, 0.717) is 43.4 Å². The predicted molar refractivity (Wildman–Crippen MR) is 97.4 cm³/mol. The van der Waals surface area contributed by atoms with Crippen LogP contribution in [0.2, 0.25) is 0 Å². The molecular formula is C17H24N4O3S. The van der Waals surface area contributed by atoms with Gasteiger partial charge in [-0.1, -0.05) is 13.8 Å². The fourth-order valence-electron chi connectivity index (χ4n) is 3.04. The molecule has 8 heteroatoms. The molecule has 1 saturated heterocycles. The Kier molecular flexibility index (Phi) is 4.86. The fourth-order valence-corrected chi connectivity index (χ4v) is 3.61. The molecule has 1 fully saturated rings. The lowest BCUT2D eigenvalue weighted by Crippen LogP contribution is -2.53. The second-order valence-electron chi connectivity index (χ2n) is 7.08. The van der Waals surface area contributed by atoms with Gasteiger partial charge >= 0.3 is 0 Å². The number of nitrogen functional groups attached to an aromatic ring is 1. The first-order valence-corrected chi connectivity index (χ1v) is 9.17. The molecule has 5 N–H and O–H groups in total. The zero-order valence-corrected chi connectivity index (χ0v) is 15.3. The molecule has 0 aliphatic carbocycles. The summed E-state index contributed by atoms with van der Waals surface area (Å²) in [7, 11) is 0. The zero-order chi connectivity index (χ0) is 18.1. The number of hydrogen-bond donors (Lipinski definition) is 4. The molecule has 0 unspecified atom stereocenters. The molecule has 3 heterocycles. The molecule has 0 bridgehead atoms. The number of ether oxygens (including phenoxy) is 1. The van der Waals surface area contributed by atoms with E-state index in [4.69, 9.17) is 10.5 Å². The van der Waals surface area contributed by atoms with Gasteiger partial charge in [-0.25, -0.2) is 4.98 Å². The lowest BCUT2D eigenvalue weighted by molar-refractivity contribution is -0.130. The number of thiazole rings is 1. The van der Waals surface area contributed by atoms with Crippen molar-refractivity contribution in [1.29, 1.82) is 0 Å². The number of nitrogens with two attached hydrogens (primary N) is 1. The van der Waals surface area contributed by atoms with E-state index in [2.05, 4.69) is 15.3 Å². The molecule has 2 aromatic rings. The van der Waals surface area contributed by atoms with Gasteiger partial charge in [-0.05, 0) is 6.07 Å². The molecule has 25 heavy (non-hydrogen) atoms. The van der Waals surface area contributed by atoms with Crippen LogP contribution in [-0.2, 0) is 4.74 Å². The summed E-state index contributed by atoms with van der Waals surface area (Å²) in [5.74, 6) is -0.210. The van der Waals surface area contributed by atoms with Gasteiger partial charge in [0.05, 0.1) is 11.3 Å². The zero-order valence-electron chi connectivity index (χ0n) is 14.5. The van der Waals surface area contributed by atoms with Crippen molar-refractivity contribution in [3.63, 3.8) is 0 Å². The van der Waals surface area contributed by atoms with E-state index in [0.717, 1.165) is 11.3 Å². The number of anilines is 1. The smallest absolute Gasteiger partial charge is 0.267 e. The molecule has 0 spiro atoms. The van der Waals surface area contributed by atoms with E-state index in [1.54, 1.807) is 12.3 Å². The lowest BCUT2D eigenvalue weighted by Gasteiger charge is -2.45. The van der Waals surface area contributed by atoms with Gasteiger partial charge in [0.2, 0.25) is 0 Å². The minimum absolute atomic E-state index is 0.210. The van der Waals surface area contributed by atoms with Crippen molar-refractivity contribution in [3.8, 4) is 11.3 Å². The number of nitrogens with one attached hydrogen (secondary N) is 2. The molecule has 1 aliphatic rings. The van der Waals surface area contributed by atoms with Gasteiger partial charge in [0, 0.05) is 55.2 Å². The van der Waals surface area contributed by atoms with Crippen LogP contribution in [-0.4, -0.2) is 46.3 Å². The summed E-state index contributed by atoms with van der Waals surface area (Å²) in [5, 5.41) is 16.1. The van der Waals surface area contributed by atoms with E-state index in [1.807, 2.05) is 19.2 Å². The Morgan fingerprint density at radius 1 is 1.52 bits per heavy atom. The summed E-state index contributed by atoms with van der Waals surface area (Å²) >= 11 is 1.36. The Labute approximate surface area is 150 Å². The lowest BCUT2D eigenvalue weighted by atomic mass is 9.70. The Bertz CT molecular complexity index is 747. The molecule has 136 valence electrons. The van der Waals surface area contributed by atoms with Crippen LogP contribution in [0.4, 0.5) is 5.13 Å². The summed E-state index contributed by atoms with van der Waals surface area (Å²) in [6, 6.07) is 1.75. The van der Waals surface area contributed by atoms with Crippen molar-refractivity contribution in [2.24, 2.45) is 5.41 Å². The summed E-state index contributed by atoms with van der Waals surface area (Å²) in [5.41, 5.74) is 6.38. The quantitative estimate of drug-likeness (QED) is 0.648. The Hall–Kier alpha value is -1.90. The summed E-state index contributed by atoms with van der Waals surface area (Å²) in [4.78, 5) is 19.6. The van der Waals surface area contributed by atoms with E-state index in [-0.39, 0.29) is 5.91 Å².